The molecule has 0 spiro atoms. The summed E-state index contributed by atoms with van der Waals surface area (Å²) in [6, 6.07) is 32.0. The van der Waals surface area contributed by atoms with Crippen LogP contribution in [0, 0.1) is 17.2 Å². The lowest BCUT2D eigenvalue weighted by atomic mass is 9.82. The van der Waals surface area contributed by atoms with E-state index in [9.17, 15) is 10.4 Å². The Kier molecular flexibility index (Phi) is 8.71. The molecule has 5 heteroatoms. The van der Waals surface area contributed by atoms with E-state index in [1.807, 2.05) is 36.4 Å². The van der Waals surface area contributed by atoms with Crippen LogP contribution in [-0.2, 0) is 12.8 Å². The van der Waals surface area contributed by atoms with Gasteiger partial charge in [-0.15, -0.1) is 0 Å². The fourth-order valence-electron chi connectivity index (χ4n) is 9.78. The number of para-hydroxylation sites is 3. The molecule has 4 aromatic carbocycles. The summed E-state index contributed by atoms with van der Waals surface area (Å²) in [4.78, 5) is 0. The zero-order valence-electron chi connectivity index (χ0n) is 32.5. The van der Waals surface area contributed by atoms with E-state index in [0.29, 0.717) is 17.2 Å². The van der Waals surface area contributed by atoms with Gasteiger partial charge >= 0.3 is 0 Å². The van der Waals surface area contributed by atoms with Crippen LogP contribution in [0.4, 0.5) is 0 Å². The van der Waals surface area contributed by atoms with Crippen molar-refractivity contribution in [3.05, 3.63) is 161 Å². The van der Waals surface area contributed by atoms with E-state index in [0.717, 1.165) is 83.7 Å². The van der Waals surface area contributed by atoms with Crippen LogP contribution in [0.3, 0.4) is 0 Å². The van der Waals surface area contributed by atoms with Crippen LogP contribution in [0.25, 0.3) is 67.2 Å². The molecule has 5 nitrogen and oxygen atoms in total. The zero-order valence-corrected chi connectivity index (χ0v) is 32.5. The average Bonchev–Trinajstić information content (AvgIpc) is 3.88. The third-order valence-electron chi connectivity index (χ3n) is 12.4. The van der Waals surface area contributed by atoms with Crippen molar-refractivity contribution in [2.75, 3.05) is 0 Å². The first-order valence-corrected chi connectivity index (χ1v) is 20.5. The minimum Gasteiger partial charge on any atom is -0.507 e. The second-order valence-electron chi connectivity index (χ2n) is 15.8. The van der Waals surface area contributed by atoms with Crippen molar-refractivity contribution in [2.45, 2.75) is 64.8 Å². The molecule has 0 bridgehead atoms. The summed E-state index contributed by atoms with van der Waals surface area (Å²) >= 11 is 0. The summed E-state index contributed by atoms with van der Waals surface area (Å²) < 4.78 is 11.2. The van der Waals surface area contributed by atoms with E-state index in [2.05, 4.69) is 120 Å². The fourth-order valence-corrected chi connectivity index (χ4v) is 9.78. The van der Waals surface area contributed by atoms with Crippen molar-refractivity contribution in [3.8, 4) is 11.8 Å². The molecule has 3 heterocycles. The Morgan fingerprint density at radius 2 is 1.70 bits per heavy atom. The highest BCUT2D eigenvalue weighted by Crippen LogP contribution is 2.44. The number of aromatic hydroxyl groups is 1. The van der Waals surface area contributed by atoms with Crippen molar-refractivity contribution in [1.29, 1.82) is 5.26 Å². The van der Waals surface area contributed by atoms with Crippen molar-refractivity contribution >= 4 is 67.2 Å². The van der Waals surface area contributed by atoms with Crippen molar-refractivity contribution < 1.29 is 9.52 Å². The normalized spacial score (nSPS) is 18.3. The van der Waals surface area contributed by atoms with Crippen LogP contribution in [0.1, 0.15) is 80.1 Å². The Balaban J connectivity index is 0.969. The molecule has 2 unspecified atom stereocenters. The van der Waals surface area contributed by atoms with Gasteiger partial charge in [-0.25, -0.2) is 0 Å². The number of aryl methyl sites for hydroxylation is 1. The number of phenols is 1. The molecule has 1 N–H and O–H groups in total. The van der Waals surface area contributed by atoms with Crippen LogP contribution < -0.4 is 0 Å². The highest BCUT2D eigenvalue weighted by Gasteiger charge is 2.29. The Morgan fingerprint density at radius 1 is 0.877 bits per heavy atom. The van der Waals surface area contributed by atoms with E-state index < -0.39 is 0 Å². The van der Waals surface area contributed by atoms with Gasteiger partial charge in [0, 0.05) is 49.7 Å². The van der Waals surface area contributed by atoms with E-state index in [1.54, 1.807) is 6.07 Å². The molecule has 57 heavy (non-hydrogen) atoms. The molecular weight excluding hydrogens is 699 g/mol. The smallest absolute Gasteiger partial charge is 0.136 e. The molecule has 0 saturated heterocycles. The van der Waals surface area contributed by atoms with Gasteiger partial charge in [0.05, 0.1) is 17.1 Å². The Morgan fingerprint density at radius 3 is 2.56 bits per heavy atom. The van der Waals surface area contributed by atoms with Gasteiger partial charge in [0.2, 0.25) is 0 Å². The van der Waals surface area contributed by atoms with E-state index in [1.165, 1.54) is 50.0 Å². The van der Waals surface area contributed by atoms with Crippen LogP contribution in [0.5, 0.6) is 5.75 Å². The number of aromatic nitrogens is 2. The summed E-state index contributed by atoms with van der Waals surface area (Å²) in [6.45, 7) is 4.42. The third kappa shape index (κ3) is 5.82. The Bertz CT molecular complexity index is 3000. The summed E-state index contributed by atoms with van der Waals surface area (Å²) in [5.74, 6) is 0.626. The van der Waals surface area contributed by atoms with Gasteiger partial charge in [-0.3, -0.25) is 0 Å². The first kappa shape index (κ1) is 34.9. The number of rotatable bonds is 8. The predicted molar refractivity (Wildman–Crippen MR) is 236 cm³/mol. The number of allylic oxidation sites excluding steroid dienone is 10. The lowest BCUT2D eigenvalue weighted by Gasteiger charge is -2.26. The summed E-state index contributed by atoms with van der Waals surface area (Å²) in [5.41, 5.74) is 14.4. The van der Waals surface area contributed by atoms with Crippen LogP contribution in [0.15, 0.2) is 137 Å². The van der Waals surface area contributed by atoms with E-state index >= 15 is 0 Å². The number of hydrogen-bond acceptors (Lipinski definition) is 3. The maximum absolute atomic E-state index is 10.8. The van der Waals surface area contributed by atoms with Gasteiger partial charge in [0.1, 0.15) is 23.0 Å². The zero-order chi connectivity index (χ0) is 38.6. The molecule has 0 fully saturated rings. The van der Waals surface area contributed by atoms with Gasteiger partial charge in [0.15, 0.2) is 0 Å². The summed E-state index contributed by atoms with van der Waals surface area (Å²) in [5, 5.41) is 26.2. The second-order valence-corrected chi connectivity index (χ2v) is 15.8. The molecule has 0 radical (unpaired) electrons. The minimum absolute atomic E-state index is 0.180. The van der Waals surface area contributed by atoms with Crippen LogP contribution in [0.2, 0.25) is 0 Å². The minimum atomic E-state index is 0.180. The lowest BCUT2D eigenvalue weighted by Crippen LogP contribution is -2.14. The van der Waals surface area contributed by atoms with Gasteiger partial charge in [-0.1, -0.05) is 98.8 Å². The second kappa shape index (κ2) is 14.2. The van der Waals surface area contributed by atoms with Gasteiger partial charge in [-0.05, 0) is 122 Å². The maximum atomic E-state index is 10.8. The monoisotopic (exact) mass is 743 g/mol. The molecule has 3 aromatic heterocycles. The fraction of sp³-hybridized carbons (Fsp3) is 0.212. The molecule has 0 saturated carbocycles. The first-order chi connectivity index (χ1) is 28.0. The molecule has 2 atom stereocenters. The maximum Gasteiger partial charge on any atom is 0.136 e. The highest BCUT2D eigenvalue weighted by atomic mass is 16.3. The molecule has 10 rings (SSSR count). The number of benzene rings is 4. The molecule has 3 aliphatic rings. The molecule has 3 aliphatic carbocycles. The lowest BCUT2D eigenvalue weighted by molar-refractivity contribution is 0.472. The topological polar surface area (TPSA) is 67.0 Å². The number of nitrogens with zero attached hydrogens (tertiary/aromatic N) is 3. The number of phenolic OH excluding ortho intramolecular Hbond substituents is 1. The Hall–Kier alpha value is -6.51. The predicted octanol–water partition coefficient (Wildman–Crippen LogP) is 13.5. The molecular formula is C52H45N3O2. The van der Waals surface area contributed by atoms with Crippen molar-refractivity contribution in [3.63, 3.8) is 0 Å². The quantitative estimate of drug-likeness (QED) is 0.124. The van der Waals surface area contributed by atoms with E-state index in [4.69, 9.17) is 4.42 Å². The molecule has 7 aromatic rings. The number of nitriles is 1. The highest BCUT2D eigenvalue weighted by molar-refractivity contribution is 6.11. The van der Waals surface area contributed by atoms with Gasteiger partial charge < -0.3 is 18.7 Å². The third-order valence-corrected chi connectivity index (χ3v) is 12.4. The molecule has 0 aliphatic heterocycles. The number of furan rings is 1. The number of hydrogen-bond donors (Lipinski definition) is 1. The standard InChI is InChI=1S/C52H45N3O2/c1-3-45(55-47-24-11-7-20-38(47)43-31-52-44(30-49(43)55)40-22-9-13-26-51(40)57-52)35(32-53)17-5-4-15-34-16-14-18-36(28-34)54-46-23-10-6-19-37(46)42-27-33(2)41(29-48(42)54)39-21-8-12-25-50(39)56/h5-6,8-14,16-17,19,21-26,28-31,33,36,56H,3-4,7,15,18,20,27H2,1-2H3/b17-5-,45-35-. The van der Waals surface area contributed by atoms with Crippen molar-refractivity contribution in [1.82, 2.24) is 9.13 Å². The summed E-state index contributed by atoms with van der Waals surface area (Å²) in [7, 11) is 0. The van der Waals surface area contributed by atoms with Crippen molar-refractivity contribution in [2.24, 2.45) is 5.92 Å². The first-order valence-electron chi connectivity index (χ1n) is 20.5. The molecule has 280 valence electrons. The largest absolute Gasteiger partial charge is 0.507 e. The Labute approximate surface area is 333 Å². The SMILES string of the molecule is CC/C(=C(C#N)\C=C/CCC1=CC(n2c3c(c4ccccc42)CC(C)C(c2ccccc2O)=C3)CC=C1)n1c2c(c3cc4oc5ccccc5c4cc31)CCC=C2. The van der Waals surface area contributed by atoms with E-state index in [-0.39, 0.29) is 6.04 Å². The average molecular weight is 744 g/mol. The molecule has 0 amide bonds. The van der Waals surface area contributed by atoms with Gasteiger partial charge in [-0.2, -0.15) is 5.26 Å². The van der Waals surface area contributed by atoms with Gasteiger partial charge in [0.25, 0.3) is 0 Å². The van der Waals surface area contributed by atoms with Crippen LogP contribution in [-0.4, -0.2) is 14.2 Å². The summed E-state index contributed by atoms with van der Waals surface area (Å²) in [6.07, 6.45) is 24.3. The number of fused-ring (bicyclic) bond motifs is 9. The van der Waals surface area contributed by atoms with Crippen LogP contribution >= 0.6 is 0 Å².